The van der Waals surface area contributed by atoms with Crippen LogP contribution >= 0.6 is 0 Å². The maximum atomic E-state index is 10.2. The van der Waals surface area contributed by atoms with Gasteiger partial charge in [-0.3, -0.25) is 0 Å². The molecule has 0 radical (unpaired) electrons. The molecule has 0 aromatic heterocycles. The Morgan fingerprint density at radius 2 is 1.81 bits per heavy atom. The third-order valence-electron chi connectivity index (χ3n) is 3.45. The molecule has 2 aromatic rings. The second kappa shape index (κ2) is 6.99. The summed E-state index contributed by atoms with van der Waals surface area (Å²) in [6, 6.07) is 13.1. The molecule has 1 atom stereocenters. The van der Waals surface area contributed by atoms with Gasteiger partial charge in [-0.15, -0.1) is 0 Å². The van der Waals surface area contributed by atoms with Crippen molar-refractivity contribution in [2.45, 2.75) is 18.9 Å². The van der Waals surface area contributed by atoms with E-state index in [1.165, 1.54) is 0 Å². The number of methoxy groups -OCH3 is 2. The minimum atomic E-state index is -0.526. The highest BCUT2D eigenvalue weighted by Gasteiger charge is 2.10. The van der Waals surface area contributed by atoms with Crippen LogP contribution in [-0.2, 0) is 6.42 Å². The van der Waals surface area contributed by atoms with E-state index in [0.29, 0.717) is 23.6 Å². The highest BCUT2D eigenvalue weighted by atomic mass is 16.5. The Bertz CT molecular complexity index is 598. The smallest absolute Gasteiger partial charge is 0.160 e. The molecule has 112 valence electrons. The number of anilines is 1. The summed E-state index contributed by atoms with van der Waals surface area (Å²) in [6.45, 7) is 0. The Kier molecular flexibility index (Phi) is 5.06. The van der Waals surface area contributed by atoms with Crippen LogP contribution in [-0.4, -0.2) is 19.3 Å². The van der Waals surface area contributed by atoms with Crippen LogP contribution in [0, 0.1) is 0 Å². The second-order valence-corrected chi connectivity index (χ2v) is 4.91. The Morgan fingerprint density at radius 3 is 2.48 bits per heavy atom. The van der Waals surface area contributed by atoms with Gasteiger partial charge >= 0.3 is 0 Å². The van der Waals surface area contributed by atoms with E-state index in [1.807, 2.05) is 36.4 Å². The molecule has 4 nitrogen and oxygen atoms in total. The minimum Gasteiger partial charge on any atom is -0.493 e. The number of benzene rings is 2. The van der Waals surface area contributed by atoms with Gasteiger partial charge in [-0.05, 0) is 48.2 Å². The predicted octanol–water partition coefficient (Wildman–Crippen LogP) is 2.95. The van der Waals surface area contributed by atoms with E-state index in [2.05, 4.69) is 0 Å². The molecule has 1 unspecified atom stereocenters. The number of aliphatic hydroxyl groups is 1. The van der Waals surface area contributed by atoms with Gasteiger partial charge in [-0.25, -0.2) is 0 Å². The molecule has 0 bridgehead atoms. The van der Waals surface area contributed by atoms with Crippen molar-refractivity contribution in [3.05, 3.63) is 53.6 Å². The molecule has 0 fully saturated rings. The zero-order valence-corrected chi connectivity index (χ0v) is 12.4. The van der Waals surface area contributed by atoms with Gasteiger partial charge in [-0.1, -0.05) is 18.2 Å². The largest absolute Gasteiger partial charge is 0.493 e. The normalized spacial score (nSPS) is 12.0. The quantitative estimate of drug-likeness (QED) is 0.802. The number of aliphatic hydroxyl groups excluding tert-OH is 1. The van der Waals surface area contributed by atoms with E-state index >= 15 is 0 Å². The zero-order valence-electron chi connectivity index (χ0n) is 12.4. The maximum Gasteiger partial charge on any atom is 0.160 e. The van der Waals surface area contributed by atoms with Crippen molar-refractivity contribution in [3.63, 3.8) is 0 Å². The summed E-state index contributed by atoms with van der Waals surface area (Å²) < 4.78 is 10.5. The number of hydrogen-bond donors (Lipinski definition) is 2. The molecule has 0 aliphatic heterocycles. The van der Waals surface area contributed by atoms with Crippen molar-refractivity contribution in [2.75, 3.05) is 20.0 Å². The molecule has 2 rings (SSSR count). The van der Waals surface area contributed by atoms with E-state index in [1.54, 1.807) is 20.3 Å². The minimum absolute atomic E-state index is 0.526. The van der Waals surface area contributed by atoms with E-state index in [-0.39, 0.29) is 0 Å². The van der Waals surface area contributed by atoms with Crippen LogP contribution in [0.2, 0.25) is 0 Å². The van der Waals surface area contributed by atoms with Crippen molar-refractivity contribution < 1.29 is 14.6 Å². The average molecular weight is 287 g/mol. The number of nitrogen functional groups attached to an aromatic ring is 1. The first kappa shape index (κ1) is 15.2. The number of rotatable bonds is 6. The van der Waals surface area contributed by atoms with Crippen LogP contribution < -0.4 is 15.2 Å². The van der Waals surface area contributed by atoms with Crippen molar-refractivity contribution in [3.8, 4) is 11.5 Å². The molecule has 0 heterocycles. The van der Waals surface area contributed by atoms with Gasteiger partial charge in [0, 0.05) is 5.69 Å². The van der Waals surface area contributed by atoms with Crippen molar-refractivity contribution >= 4 is 5.69 Å². The van der Waals surface area contributed by atoms with Crippen LogP contribution in [0.5, 0.6) is 11.5 Å². The standard InChI is InChI=1S/C17H21NO3/c1-20-16-9-7-12(10-17(16)21-2)6-8-15(19)13-4-3-5-14(18)11-13/h3-5,7,9-11,15,19H,6,8,18H2,1-2H3. The summed E-state index contributed by atoms with van der Waals surface area (Å²) in [5.74, 6) is 1.41. The highest BCUT2D eigenvalue weighted by Crippen LogP contribution is 2.29. The van der Waals surface area contributed by atoms with Gasteiger partial charge in [0.15, 0.2) is 11.5 Å². The lowest BCUT2D eigenvalue weighted by Crippen LogP contribution is -2.01. The predicted molar refractivity (Wildman–Crippen MR) is 83.7 cm³/mol. The first-order chi connectivity index (χ1) is 10.1. The highest BCUT2D eigenvalue weighted by molar-refractivity contribution is 5.43. The fraction of sp³-hybridized carbons (Fsp3) is 0.294. The molecule has 0 saturated heterocycles. The third-order valence-corrected chi connectivity index (χ3v) is 3.45. The molecule has 0 amide bonds. The third kappa shape index (κ3) is 3.89. The van der Waals surface area contributed by atoms with Gasteiger partial charge < -0.3 is 20.3 Å². The van der Waals surface area contributed by atoms with Crippen molar-refractivity contribution in [2.24, 2.45) is 0 Å². The summed E-state index contributed by atoms with van der Waals surface area (Å²) in [7, 11) is 3.23. The van der Waals surface area contributed by atoms with E-state index < -0.39 is 6.10 Å². The lowest BCUT2D eigenvalue weighted by Gasteiger charge is -2.13. The topological polar surface area (TPSA) is 64.7 Å². The van der Waals surface area contributed by atoms with E-state index in [0.717, 1.165) is 17.5 Å². The zero-order chi connectivity index (χ0) is 15.2. The van der Waals surface area contributed by atoms with Crippen LogP contribution in [0.1, 0.15) is 23.7 Å². The summed E-state index contributed by atoms with van der Waals surface area (Å²) in [5.41, 5.74) is 8.33. The van der Waals surface area contributed by atoms with Crippen LogP contribution in [0.25, 0.3) is 0 Å². The fourth-order valence-electron chi connectivity index (χ4n) is 2.27. The number of ether oxygens (including phenoxy) is 2. The molecular weight excluding hydrogens is 266 g/mol. The average Bonchev–Trinajstić information content (AvgIpc) is 2.52. The molecule has 0 saturated carbocycles. The van der Waals surface area contributed by atoms with Crippen molar-refractivity contribution in [1.29, 1.82) is 0 Å². The van der Waals surface area contributed by atoms with Gasteiger partial charge in [0.25, 0.3) is 0 Å². The summed E-state index contributed by atoms with van der Waals surface area (Å²) in [4.78, 5) is 0. The number of aryl methyl sites for hydroxylation is 1. The molecular formula is C17H21NO3. The van der Waals surface area contributed by atoms with Gasteiger partial charge in [0.1, 0.15) is 0 Å². The fourth-order valence-corrected chi connectivity index (χ4v) is 2.27. The molecule has 3 N–H and O–H groups in total. The Labute approximate surface area is 125 Å². The van der Waals surface area contributed by atoms with Gasteiger partial charge in [-0.2, -0.15) is 0 Å². The Hall–Kier alpha value is -2.20. The van der Waals surface area contributed by atoms with Gasteiger partial charge in [0.05, 0.1) is 20.3 Å². The van der Waals surface area contributed by atoms with Crippen LogP contribution in [0.4, 0.5) is 5.69 Å². The first-order valence-corrected chi connectivity index (χ1v) is 6.88. The molecule has 0 aliphatic carbocycles. The molecule has 2 aromatic carbocycles. The van der Waals surface area contributed by atoms with E-state index in [4.69, 9.17) is 15.2 Å². The number of hydrogen-bond acceptors (Lipinski definition) is 4. The SMILES string of the molecule is COc1ccc(CCC(O)c2cccc(N)c2)cc1OC. The molecule has 4 heteroatoms. The first-order valence-electron chi connectivity index (χ1n) is 6.88. The summed E-state index contributed by atoms with van der Waals surface area (Å²) >= 11 is 0. The Morgan fingerprint density at radius 1 is 1.05 bits per heavy atom. The van der Waals surface area contributed by atoms with Crippen LogP contribution in [0.3, 0.4) is 0 Å². The molecule has 21 heavy (non-hydrogen) atoms. The maximum absolute atomic E-state index is 10.2. The summed E-state index contributed by atoms with van der Waals surface area (Å²) in [5, 5.41) is 10.2. The van der Waals surface area contributed by atoms with Crippen LogP contribution in [0.15, 0.2) is 42.5 Å². The summed E-state index contributed by atoms with van der Waals surface area (Å²) in [6.07, 6.45) is 0.844. The van der Waals surface area contributed by atoms with Gasteiger partial charge in [0.2, 0.25) is 0 Å². The lowest BCUT2D eigenvalue weighted by atomic mass is 10.0. The molecule has 0 spiro atoms. The van der Waals surface area contributed by atoms with E-state index in [9.17, 15) is 5.11 Å². The second-order valence-electron chi connectivity index (χ2n) is 4.91. The monoisotopic (exact) mass is 287 g/mol. The molecule has 0 aliphatic rings. The lowest BCUT2D eigenvalue weighted by molar-refractivity contribution is 0.168. The number of nitrogens with two attached hydrogens (primary N) is 1. The Balaban J connectivity index is 2.02. The van der Waals surface area contributed by atoms with Crippen molar-refractivity contribution in [1.82, 2.24) is 0 Å².